The van der Waals surface area contributed by atoms with Crippen molar-refractivity contribution in [1.82, 2.24) is 19.6 Å². The zero-order valence-electron chi connectivity index (χ0n) is 9.45. The van der Waals surface area contributed by atoms with E-state index in [1.165, 1.54) is 4.52 Å². The highest BCUT2D eigenvalue weighted by Crippen LogP contribution is 2.07. The van der Waals surface area contributed by atoms with Gasteiger partial charge in [0.25, 0.3) is 11.3 Å². The Morgan fingerprint density at radius 3 is 2.75 bits per heavy atom. The Kier molecular flexibility index (Phi) is 2.64. The third-order valence-electron chi connectivity index (χ3n) is 2.48. The summed E-state index contributed by atoms with van der Waals surface area (Å²) in [5.74, 6) is 1.14. The van der Waals surface area contributed by atoms with Crippen LogP contribution in [0.5, 0.6) is 0 Å². The molecule has 0 aliphatic carbocycles. The molecule has 0 aliphatic rings. The van der Waals surface area contributed by atoms with E-state index in [4.69, 9.17) is 5.73 Å². The Morgan fingerprint density at radius 2 is 2.12 bits per heavy atom. The van der Waals surface area contributed by atoms with Crippen LogP contribution in [0.3, 0.4) is 0 Å². The van der Waals surface area contributed by atoms with Crippen molar-refractivity contribution in [3.8, 4) is 0 Å². The van der Waals surface area contributed by atoms with Gasteiger partial charge >= 0.3 is 0 Å². The van der Waals surface area contributed by atoms with Crippen molar-refractivity contribution >= 4 is 11.5 Å². The zero-order chi connectivity index (χ0) is 11.7. The smallest absolute Gasteiger partial charge is 0.297 e. The van der Waals surface area contributed by atoms with Crippen molar-refractivity contribution in [2.75, 3.05) is 5.73 Å². The molecule has 0 spiro atoms. The van der Waals surface area contributed by atoms with E-state index in [2.05, 4.69) is 15.1 Å². The maximum atomic E-state index is 11.9. The second-order valence-corrected chi connectivity index (χ2v) is 3.69. The van der Waals surface area contributed by atoms with Crippen LogP contribution < -0.4 is 11.3 Å². The number of nitrogen functional groups attached to an aromatic ring is 1. The number of anilines is 1. The molecule has 0 unspecified atom stereocenters. The first-order valence-electron chi connectivity index (χ1n) is 5.43. The van der Waals surface area contributed by atoms with Crippen molar-refractivity contribution in [1.29, 1.82) is 0 Å². The van der Waals surface area contributed by atoms with Gasteiger partial charge in [0.2, 0.25) is 0 Å². The Balaban J connectivity index is 2.70. The molecule has 3 N–H and O–H groups in total. The standard InChI is InChI=1S/C10H15N5O/c1-3-5-6-8(11)9(16)15-10(12-6)13-7(4-2)14-15/h3-5,11H2,1-2H3,(H,12,13,14). The molecule has 86 valence electrons. The monoisotopic (exact) mass is 221 g/mol. The Bertz CT molecular complexity index is 568. The minimum Gasteiger partial charge on any atom is -0.393 e. The van der Waals surface area contributed by atoms with Crippen LogP contribution in [-0.2, 0) is 12.8 Å². The molecule has 2 aromatic heterocycles. The van der Waals surface area contributed by atoms with Gasteiger partial charge in [0, 0.05) is 6.42 Å². The van der Waals surface area contributed by atoms with Crippen LogP contribution >= 0.6 is 0 Å². The van der Waals surface area contributed by atoms with Crippen LogP contribution in [0.15, 0.2) is 4.79 Å². The van der Waals surface area contributed by atoms with Crippen LogP contribution in [0, 0.1) is 0 Å². The fourth-order valence-corrected chi connectivity index (χ4v) is 1.60. The maximum absolute atomic E-state index is 11.9. The number of aromatic amines is 1. The van der Waals surface area contributed by atoms with Crippen LogP contribution in [0.2, 0.25) is 0 Å². The number of hydrogen-bond donors (Lipinski definition) is 2. The molecule has 0 fully saturated rings. The Labute approximate surface area is 92.5 Å². The van der Waals surface area contributed by atoms with Crippen molar-refractivity contribution in [2.45, 2.75) is 33.1 Å². The summed E-state index contributed by atoms with van der Waals surface area (Å²) in [7, 11) is 0. The van der Waals surface area contributed by atoms with Gasteiger partial charge in [-0.25, -0.2) is 4.98 Å². The molecule has 0 saturated heterocycles. The summed E-state index contributed by atoms with van der Waals surface area (Å²) in [5, 5.41) is 2.87. The van der Waals surface area contributed by atoms with E-state index in [1.807, 2.05) is 13.8 Å². The summed E-state index contributed by atoms with van der Waals surface area (Å²) in [6.45, 7) is 3.98. The lowest BCUT2D eigenvalue weighted by atomic mass is 10.2. The lowest BCUT2D eigenvalue weighted by molar-refractivity contribution is 0.829. The fraction of sp³-hybridized carbons (Fsp3) is 0.500. The number of nitrogens with one attached hydrogen (secondary N) is 1. The largest absolute Gasteiger partial charge is 0.393 e. The summed E-state index contributed by atoms with van der Waals surface area (Å²) in [4.78, 5) is 20.4. The number of nitrogens with zero attached hydrogens (tertiary/aromatic N) is 3. The van der Waals surface area contributed by atoms with Gasteiger partial charge in [-0.1, -0.05) is 20.3 Å². The Morgan fingerprint density at radius 1 is 1.38 bits per heavy atom. The van der Waals surface area contributed by atoms with Gasteiger partial charge in [0.15, 0.2) is 0 Å². The predicted octanol–water partition coefficient (Wildman–Crippen LogP) is 0.515. The van der Waals surface area contributed by atoms with Crippen molar-refractivity contribution in [3.63, 3.8) is 0 Å². The minimum absolute atomic E-state index is 0.214. The number of fused-ring (bicyclic) bond motifs is 1. The normalized spacial score (nSPS) is 11.1. The number of aryl methyl sites for hydroxylation is 2. The predicted molar refractivity (Wildman–Crippen MR) is 61.4 cm³/mol. The number of hydrogen-bond acceptors (Lipinski definition) is 4. The molecule has 0 bridgehead atoms. The maximum Gasteiger partial charge on any atom is 0.297 e. The number of H-pyrrole nitrogens is 1. The molecule has 2 heterocycles. The van der Waals surface area contributed by atoms with Gasteiger partial charge < -0.3 is 5.73 Å². The average molecular weight is 221 g/mol. The highest BCUT2D eigenvalue weighted by Gasteiger charge is 2.11. The molecule has 16 heavy (non-hydrogen) atoms. The zero-order valence-corrected chi connectivity index (χ0v) is 9.45. The quantitative estimate of drug-likeness (QED) is 0.790. The van der Waals surface area contributed by atoms with E-state index in [0.29, 0.717) is 17.9 Å². The molecule has 6 nitrogen and oxygen atoms in total. The summed E-state index contributed by atoms with van der Waals surface area (Å²) >= 11 is 0. The molecule has 2 aromatic rings. The van der Waals surface area contributed by atoms with Crippen molar-refractivity contribution in [2.24, 2.45) is 0 Å². The number of rotatable bonds is 3. The van der Waals surface area contributed by atoms with E-state index in [-0.39, 0.29) is 11.2 Å². The molecule has 0 atom stereocenters. The van der Waals surface area contributed by atoms with Gasteiger partial charge in [-0.15, -0.1) is 0 Å². The summed E-state index contributed by atoms with van der Waals surface area (Å²) in [6.07, 6.45) is 2.33. The molecule has 2 rings (SSSR count). The van der Waals surface area contributed by atoms with Gasteiger partial charge in [-0.3, -0.25) is 9.89 Å². The second-order valence-electron chi connectivity index (χ2n) is 3.69. The molecule has 0 saturated carbocycles. The van der Waals surface area contributed by atoms with E-state index >= 15 is 0 Å². The first kappa shape index (κ1) is 10.7. The molecule has 0 amide bonds. The SMILES string of the molecule is CCCc1nc2nc(CC)[nH]n2c(=O)c1N. The van der Waals surface area contributed by atoms with Crippen LogP contribution in [0.25, 0.3) is 5.78 Å². The third kappa shape index (κ3) is 1.56. The lowest BCUT2D eigenvalue weighted by Gasteiger charge is -2.01. The molecular formula is C10H15N5O. The van der Waals surface area contributed by atoms with Crippen LogP contribution in [0.4, 0.5) is 5.69 Å². The Hall–Kier alpha value is -1.85. The van der Waals surface area contributed by atoms with E-state index in [0.717, 1.165) is 18.7 Å². The third-order valence-corrected chi connectivity index (χ3v) is 2.48. The summed E-state index contributed by atoms with van der Waals surface area (Å²) in [6, 6.07) is 0. The van der Waals surface area contributed by atoms with Crippen molar-refractivity contribution < 1.29 is 0 Å². The number of nitrogens with two attached hydrogens (primary N) is 1. The van der Waals surface area contributed by atoms with E-state index in [9.17, 15) is 4.79 Å². The average Bonchev–Trinajstić information content (AvgIpc) is 2.69. The first-order valence-corrected chi connectivity index (χ1v) is 5.43. The molecule has 0 aromatic carbocycles. The van der Waals surface area contributed by atoms with Gasteiger partial charge in [-0.05, 0) is 6.42 Å². The van der Waals surface area contributed by atoms with Crippen LogP contribution in [0.1, 0.15) is 31.8 Å². The van der Waals surface area contributed by atoms with E-state index in [1.54, 1.807) is 0 Å². The highest BCUT2D eigenvalue weighted by molar-refractivity contribution is 5.45. The van der Waals surface area contributed by atoms with Gasteiger partial charge in [0.1, 0.15) is 11.5 Å². The van der Waals surface area contributed by atoms with Gasteiger partial charge in [-0.2, -0.15) is 9.50 Å². The summed E-state index contributed by atoms with van der Waals surface area (Å²) in [5.41, 5.74) is 6.33. The highest BCUT2D eigenvalue weighted by atomic mass is 16.1. The molecule has 6 heteroatoms. The molecule has 0 radical (unpaired) electrons. The molecular weight excluding hydrogens is 206 g/mol. The van der Waals surface area contributed by atoms with Crippen molar-refractivity contribution in [3.05, 3.63) is 21.9 Å². The lowest BCUT2D eigenvalue weighted by Crippen LogP contribution is -2.21. The van der Waals surface area contributed by atoms with Gasteiger partial charge in [0.05, 0.1) is 5.69 Å². The topological polar surface area (TPSA) is 89.1 Å². The summed E-state index contributed by atoms with van der Waals surface area (Å²) < 4.78 is 1.30. The second kappa shape index (κ2) is 3.96. The first-order chi connectivity index (χ1) is 7.67. The molecule has 0 aliphatic heterocycles. The minimum atomic E-state index is -0.263. The number of aromatic nitrogens is 4. The van der Waals surface area contributed by atoms with E-state index < -0.39 is 0 Å². The fourth-order valence-electron chi connectivity index (χ4n) is 1.60. The van der Waals surface area contributed by atoms with Crippen LogP contribution in [-0.4, -0.2) is 19.6 Å².